The third-order valence-electron chi connectivity index (χ3n) is 2.84. The van der Waals surface area contributed by atoms with E-state index in [1.807, 2.05) is 0 Å². The van der Waals surface area contributed by atoms with Crippen molar-refractivity contribution in [2.24, 2.45) is 0 Å². The first-order valence-electron chi connectivity index (χ1n) is 5.19. The summed E-state index contributed by atoms with van der Waals surface area (Å²) in [5.74, 6) is -0.197. The van der Waals surface area contributed by atoms with Crippen LogP contribution in [0.5, 0.6) is 0 Å². The van der Waals surface area contributed by atoms with Gasteiger partial charge in [-0.3, -0.25) is 10.1 Å². The molecule has 0 saturated heterocycles. The highest BCUT2D eigenvalue weighted by molar-refractivity contribution is 5.52. The van der Waals surface area contributed by atoms with Crippen LogP contribution in [0.15, 0.2) is 12.1 Å². The first kappa shape index (κ1) is 13.1. The quantitative estimate of drug-likeness (QED) is 0.673. The van der Waals surface area contributed by atoms with Gasteiger partial charge in [-0.05, 0) is 18.9 Å². The number of hydrogen-bond donors (Lipinski definition) is 1. The average Bonchev–Trinajstić information content (AvgIpc) is 3.08. The van der Waals surface area contributed by atoms with Crippen molar-refractivity contribution in [2.45, 2.75) is 24.6 Å². The zero-order chi connectivity index (χ0) is 14.3. The number of hydrogen-bond acceptors (Lipinski definition) is 5. The summed E-state index contributed by atoms with van der Waals surface area (Å²) >= 11 is 0. The molecule has 1 aliphatic rings. The maximum Gasteiger partial charge on any atom is 0.411 e. The predicted molar refractivity (Wildman–Crippen MR) is 57.2 cm³/mol. The van der Waals surface area contributed by atoms with Gasteiger partial charge in [0, 0.05) is 6.07 Å². The minimum absolute atomic E-state index is 0.0863. The van der Waals surface area contributed by atoms with Gasteiger partial charge in [0.15, 0.2) is 0 Å². The molecule has 1 saturated carbocycles. The van der Waals surface area contributed by atoms with Crippen molar-refractivity contribution in [1.82, 2.24) is 4.98 Å². The third-order valence-corrected chi connectivity index (χ3v) is 2.84. The monoisotopic (exact) mass is 272 g/mol. The maximum atomic E-state index is 12.7. The topological polar surface area (TPSA) is 91.8 Å². The number of aromatic nitrogens is 1. The molecule has 1 aromatic heterocycles. The summed E-state index contributed by atoms with van der Waals surface area (Å²) in [4.78, 5) is 13.3. The van der Waals surface area contributed by atoms with E-state index in [4.69, 9.17) is 5.26 Å². The second kappa shape index (κ2) is 4.08. The Labute approximate surface area is 105 Å². The molecule has 100 valence electrons. The lowest BCUT2D eigenvalue weighted by molar-refractivity contribution is -0.385. The van der Waals surface area contributed by atoms with Gasteiger partial charge in [0.1, 0.15) is 17.4 Å². The van der Waals surface area contributed by atoms with Crippen LogP contribution >= 0.6 is 0 Å². The molecule has 0 amide bonds. The molecule has 19 heavy (non-hydrogen) atoms. The molecule has 0 spiro atoms. The zero-order valence-electron chi connectivity index (χ0n) is 9.36. The highest BCUT2D eigenvalue weighted by Crippen LogP contribution is 2.51. The van der Waals surface area contributed by atoms with Gasteiger partial charge >= 0.3 is 11.9 Å². The van der Waals surface area contributed by atoms with Gasteiger partial charge in [-0.25, -0.2) is 4.98 Å². The standard InChI is InChI=1S/C10H7F3N4O2/c11-10(12,13)9(3-4-9)16-8-2-1-7(17(18)19)6(5-14)15-8/h1-2H,3-4H2,(H,15,16). The van der Waals surface area contributed by atoms with Gasteiger partial charge in [-0.1, -0.05) is 0 Å². The molecule has 0 bridgehead atoms. The minimum atomic E-state index is -4.43. The molecular weight excluding hydrogens is 265 g/mol. The van der Waals surface area contributed by atoms with Crippen molar-refractivity contribution < 1.29 is 18.1 Å². The highest BCUT2D eigenvalue weighted by Gasteiger charge is 2.63. The Morgan fingerprint density at radius 3 is 2.53 bits per heavy atom. The first-order chi connectivity index (χ1) is 8.79. The zero-order valence-corrected chi connectivity index (χ0v) is 9.36. The third kappa shape index (κ3) is 2.29. The van der Waals surface area contributed by atoms with Crippen molar-refractivity contribution in [3.63, 3.8) is 0 Å². The summed E-state index contributed by atoms with van der Waals surface area (Å²) < 4.78 is 38.1. The molecule has 0 unspecified atom stereocenters. The summed E-state index contributed by atoms with van der Waals surface area (Å²) in [7, 11) is 0. The molecule has 1 aliphatic carbocycles. The number of alkyl halides is 3. The number of nitrogens with one attached hydrogen (secondary N) is 1. The van der Waals surface area contributed by atoms with Gasteiger partial charge in [-0.15, -0.1) is 0 Å². The predicted octanol–water partition coefficient (Wildman–Crippen LogP) is 2.37. The van der Waals surface area contributed by atoms with Crippen LogP contribution in [0, 0.1) is 21.4 Å². The number of halogens is 3. The molecule has 2 rings (SSSR count). The van der Waals surface area contributed by atoms with Crippen molar-refractivity contribution in [3.05, 3.63) is 27.9 Å². The van der Waals surface area contributed by atoms with Crippen LogP contribution in [0.1, 0.15) is 18.5 Å². The summed E-state index contributed by atoms with van der Waals surface area (Å²) in [5.41, 5.74) is -3.08. The second-order valence-electron chi connectivity index (χ2n) is 4.14. The highest BCUT2D eigenvalue weighted by atomic mass is 19.4. The van der Waals surface area contributed by atoms with Crippen LogP contribution < -0.4 is 5.32 Å². The van der Waals surface area contributed by atoms with Gasteiger partial charge in [-0.2, -0.15) is 18.4 Å². The van der Waals surface area contributed by atoms with E-state index < -0.39 is 28.0 Å². The van der Waals surface area contributed by atoms with Crippen molar-refractivity contribution in [2.75, 3.05) is 5.32 Å². The maximum absolute atomic E-state index is 12.7. The Balaban J connectivity index is 2.29. The van der Waals surface area contributed by atoms with E-state index >= 15 is 0 Å². The SMILES string of the molecule is N#Cc1nc(NC2(C(F)(F)F)CC2)ccc1[N+](=O)[O-]. The molecule has 1 fully saturated rings. The largest absolute Gasteiger partial charge is 0.411 e. The molecular formula is C10H7F3N4O2. The van der Waals surface area contributed by atoms with Gasteiger partial charge < -0.3 is 5.32 Å². The van der Waals surface area contributed by atoms with Crippen LogP contribution in [0.3, 0.4) is 0 Å². The van der Waals surface area contributed by atoms with E-state index in [-0.39, 0.29) is 18.7 Å². The summed E-state index contributed by atoms with van der Waals surface area (Å²) in [6.07, 6.45) is -4.60. The lowest BCUT2D eigenvalue weighted by Crippen LogP contribution is -2.38. The fourth-order valence-corrected chi connectivity index (χ4v) is 1.60. The Morgan fingerprint density at radius 1 is 1.47 bits per heavy atom. The van der Waals surface area contributed by atoms with Crippen LogP contribution in [-0.2, 0) is 0 Å². The van der Waals surface area contributed by atoms with Crippen LogP contribution in [0.2, 0.25) is 0 Å². The van der Waals surface area contributed by atoms with E-state index in [2.05, 4.69) is 10.3 Å². The first-order valence-corrected chi connectivity index (χ1v) is 5.19. The van der Waals surface area contributed by atoms with Crippen molar-refractivity contribution in [1.29, 1.82) is 5.26 Å². The van der Waals surface area contributed by atoms with E-state index in [0.29, 0.717) is 0 Å². The summed E-state index contributed by atoms with van der Waals surface area (Å²) in [5, 5.41) is 21.5. The Bertz CT molecular complexity index is 575. The van der Waals surface area contributed by atoms with Gasteiger partial charge in [0.2, 0.25) is 5.69 Å². The molecule has 1 heterocycles. The molecule has 9 heteroatoms. The summed E-state index contributed by atoms with van der Waals surface area (Å²) in [6, 6.07) is 3.51. The molecule has 0 atom stereocenters. The van der Waals surface area contributed by atoms with E-state index in [0.717, 1.165) is 12.1 Å². The van der Waals surface area contributed by atoms with Gasteiger partial charge in [0.25, 0.3) is 0 Å². The molecule has 1 aromatic rings. The lowest BCUT2D eigenvalue weighted by Gasteiger charge is -2.21. The van der Waals surface area contributed by atoms with E-state index in [1.54, 1.807) is 0 Å². The fourth-order valence-electron chi connectivity index (χ4n) is 1.60. The average molecular weight is 272 g/mol. The number of anilines is 1. The fraction of sp³-hybridized carbons (Fsp3) is 0.400. The lowest BCUT2D eigenvalue weighted by atomic mass is 10.2. The number of pyridine rings is 1. The Morgan fingerprint density at radius 2 is 2.11 bits per heavy atom. The molecule has 6 nitrogen and oxygen atoms in total. The van der Waals surface area contributed by atoms with Gasteiger partial charge in [0.05, 0.1) is 4.92 Å². The molecule has 0 radical (unpaired) electrons. The smallest absolute Gasteiger partial charge is 0.356 e. The minimum Gasteiger partial charge on any atom is -0.356 e. The number of nitriles is 1. The Kier molecular flexibility index (Phi) is 2.81. The Hall–Kier alpha value is -2.37. The number of rotatable bonds is 3. The van der Waals surface area contributed by atoms with E-state index in [1.165, 1.54) is 6.07 Å². The summed E-state index contributed by atoms with van der Waals surface area (Å²) in [6.45, 7) is 0. The second-order valence-corrected chi connectivity index (χ2v) is 4.14. The number of nitrogens with zero attached hydrogens (tertiary/aromatic N) is 3. The van der Waals surface area contributed by atoms with Crippen molar-refractivity contribution in [3.8, 4) is 6.07 Å². The van der Waals surface area contributed by atoms with E-state index in [9.17, 15) is 23.3 Å². The molecule has 1 N–H and O–H groups in total. The number of nitro groups is 1. The molecule has 0 aliphatic heterocycles. The van der Waals surface area contributed by atoms with Crippen LogP contribution in [0.25, 0.3) is 0 Å². The molecule has 0 aromatic carbocycles. The van der Waals surface area contributed by atoms with Crippen molar-refractivity contribution >= 4 is 11.5 Å². The van der Waals surface area contributed by atoms with Crippen LogP contribution in [-0.4, -0.2) is 21.6 Å². The normalized spacial score (nSPS) is 16.5. The van der Waals surface area contributed by atoms with Crippen LogP contribution in [0.4, 0.5) is 24.7 Å².